The number of amides is 2. The van der Waals surface area contributed by atoms with Gasteiger partial charge in [0, 0.05) is 32.4 Å². The smallest absolute Gasteiger partial charge is 0.258 e. The molecule has 0 saturated carbocycles. The second kappa shape index (κ2) is 6.30. The van der Waals surface area contributed by atoms with Gasteiger partial charge in [0.05, 0.1) is 11.3 Å². The molecule has 4 heterocycles. The van der Waals surface area contributed by atoms with Gasteiger partial charge in [0.25, 0.3) is 5.91 Å². The molecule has 1 spiro atoms. The Morgan fingerprint density at radius 3 is 2.70 bits per heavy atom. The highest BCUT2D eigenvalue weighted by Crippen LogP contribution is 2.29. The molecule has 2 N–H and O–H groups in total. The summed E-state index contributed by atoms with van der Waals surface area (Å²) in [6, 6.07) is 3.66. The summed E-state index contributed by atoms with van der Waals surface area (Å²) < 4.78 is 1.50. The van der Waals surface area contributed by atoms with Crippen molar-refractivity contribution in [2.24, 2.45) is 5.41 Å². The van der Waals surface area contributed by atoms with E-state index < -0.39 is 5.54 Å². The lowest BCUT2D eigenvalue weighted by Gasteiger charge is -2.40. The van der Waals surface area contributed by atoms with Crippen molar-refractivity contribution in [3.05, 3.63) is 29.6 Å². The maximum atomic E-state index is 13.1. The van der Waals surface area contributed by atoms with Crippen molar-refractivity contribution in [1.29, 1.82) is 0 Å². The predicted octanol–water partition coefficient (Wildman–Crippen LogP) is 0.758. The van der Waals surface area contributed by atoms with Crippen LogP contribution in [0.4, 0.5) is 0 Å². The molecule has 2 saturated heterocycles. The van der Waals surface area contributed by atoms with Gasteiger partial charge in [0.2, 0.25) is 5.91 Å². The molecule has 144 valence electrons. The van der Waals surface area contributed by atoms with Crippen LogP contribution in [0.1, 0.15) is 42.7 Å². The molecule has 8 nitrogen and oxygen atoms in total. The van der Waals surface area contributed by atoms with Crippen molar-refractivity contribution in [3.8, 4) is 0 Å². The maximum absolute atomic E-state index is 13.1. The minimum absolute atomic E-state index is 0.0212. The van der Waals surface area contributed by atoms with Crippen LogP contribution in [0.3, 0.4) is 0 Å². The minimum Gasteiger partial charge on any atom is -0.354 e. The summed E-state index contributed by atoms with van der Waals surface area (Å²) >= 11 is 0. The van der Waals surface area contributed by atoms with E-state index in [1.165, 1.54) is 4.63 Å². The highest BCUT2D eigenvalue weighted by Gasteiger charge is 2.45. The normalized spacial score (nSPS) is 21.9. The number of hydrogen-bond donors (Lipinski definition) is 2. The molecular weight excluding hydrogens is 344 g/mol. The van der Waals surface area contributed by atoms with Gasteiger partial charge in [-0.2, -0.15) is 14.8 Å². The number of carbonyl (C=O) groups excluding carboxylic acids is 2. The lowest BCUT2D eigenvalue weighted by molar-refractivity contribution is -0.128. The Balaban J connectivity index is 1.53. The summed E-state index contributed by atoms with van der Waals surface area (Å²) in [6.45, 7) is 8.62. The second-order valence-electron chi connectivity index (χ2n) is 8.43. The second-order valence-corrected chi connectivity index (χ2v) is 8.43. The Morgan fingerprint density at radius 1 is 1.22 bits per heavy atom. The van der Waals surface area contributed by atoms with Crippen LogP contribution in [0.5, 0.6) is 0 Å². The van der Waals surface area contributed by atoms with Gasteiger partial charge in [-0.15, -0.1) is 0 Å². The summed E-state index contributed by atoms with van der Waals surface area (Å²) in [5, 5.41) is 15.1. The van der Waals surface area contributed by atoms with Crippen molar-refractivity contribution in [2.45, 2.75) is 39.2 Å². The van der Waals surface area contributed by atoms with E-state index in [9.17, 15) is 9.59 Å². The molecule has 0 radical (unpaired) electrons. The van der Waals surface area contributed by atoms with Crippen LogP contribution in [0.2, 0.25) is 0 Å². The number of fused-ring (bicyclic) bond motifs is 1. The molecule has 0 bridgehead atoms. The molecule has 4 rings (SSSR count). The first-order chi connectivity index (χ1) is 12.8. The van der Waals surface area contributed by atoms with Crippen molar-refractivity contribution < 1.29 is 9.59 Å². The monoisotopic (exact) mass is 370 g/mol. The van der Waals surface area contributed by atoms with E-state index in [1.807, 2.05) is 17.9 Å². The highest BCUT2D eigenvalue weighted by molar-refractivity contribution is 6.02. The Kier molecular flexibility index (Phi) is 4.18. The molecule has 27 heavy (non-hydrogen) atoms. The fraction of sp³-hybridized carbons (Fsp3) is 0.579. The zero-order valence-corrected chi connectivity index (χ0v) is 16.1. The van der Waals surface area contributed by atoms with E-state index in [4.69, 9.17) is 0 Å². The largest absolute Gasteiger partial charge is 0.354 e. The average Bonchev–Trinajstić information content (AvgIpc) is 2.95. The van der Waals surface area contributed by atoms with Crippen LogP contribution < -0.4 is 10.6 Å². The Hall–Kier alpha value is -2.48. The number of nitrogens with zero attached hydrogens (tertiary/aromatic N) is 4. The molecule has 0 atom stereocenters. The predicted molar refractivity (Wildman–Crippen MR) is 100 cm³/mol. The minimum atomic E-state index is -0.581. The highest BCUT2D eigenvalue weighted by atomic mass is 16.2. The molecule has 2 aliphatic rings. The molecule has 2 fully saturated rings. The number of aryl methyl sites for hydroxylation is 1. The number of aromatic nitrogens is 3. The fourth-order valence-corrected chi connectivity index (χ4v) is 3.96. The molecule has 0 aliphatic carbocycles. The molecule has 2 aromatic rings. The molecule has 2 amide bonds. The van der Waals surface area contributed by atoms with Gasteiger partial charge in [-0.25, -0.2) is 0 Å². The molecular formula is C19H26N6O2. The van der Waals surface area contributed by atoms with E-state index in [-0.39, 0.29) is 17.2 Å². The number of likely N-dealkylation sites (tertiary alicyclic amines) is 1. The Bertz CT molecular complexity index is 895. The van der Waals surface area contributed by atoms with Gasteiger partial charge < -0.3 is 15.5 Å². The number of nitrogens with one attached hydrogen (secondary N) is 2. The van der Waals surface area contributed by atoms with E-state index in [0.29, 0.717) is 49.2 Å². The van der Waals surface area contributed by atoms with E-state index in [1.54, 1.807) is 12.3 Å². The SMILES string of the molecule is Cc1nn2ncccc2c1C(=O)N1CCC2(CC1)NCC(C)(C)CNC2=O. The summed E-state index contributed by atoms with van der Waals surface area (Å²) in [5.41, 5.74) is 1.42. The van der Waals surface area contributed by atoms with Crippen molar-refractivity contribution in [1.82, 2.24) is 30.4 Å². The van der Waals surface area contributed by atoms with E-state index >= 15 is 0 Å². The lowest BCUT2D eigenvalue weighted by Crippen LogP contribution is -2.61. The quantitative estimate of drug-likeness (QED) is 0.773. The average molecular weight is 370 g/mol. The molecule has 2 aromatic heterocycles. The molecule has 0 unspecified atom stereocenters. The standard InChI is InChI=1S/C19H26N6O2/c1-13-15(14-5-4-8-22-25(14)23-13)16(26)24-9-6-19(7-10-24)17(27)20-11-18(2,3)12-21-19/h4-5,8,21H,6-7,9-12H2,1-3H3,(H,20,27). The number of rotatable bonds is 1. The zero-order chi connectivity index (χ0) is 19.2. The Labute approximate surface area is 158 Å². The van der Waals surface area contributed by atoms with Crippen LogP contribution in [0, 0.1) is 12.3 Å². The third-order valence-electron chi connectivity index (χ3n) is 5.78. The van der Waals surface area contributed by atoms with Crippen LogP contribution in [0.25, 0.3) is 5.52 Å². The van der Waals surface area contributed by atoms with Gasteiger partial charge in [-0.1, -0.05) is 13.8 Å². The van der Waals surface area contributed by atoms with Crippen LogP contribution in [-0.2, 0) is 4.79 Å². The van der Waals surface area contributed by atoms with Gasteiger partial charge >= 0.3 is 0 Å². The molecule has 8 heteroatoms. The first-order valence-corrected chi connectivity index (χ1v) is 9.45. The van der Waals surface area contributed by atoms with Gasteiger partial charge in [-0.05, 0) is 37.3 Å². The van der Waals surface area contributed by atoms with Gasteiger partial charge in [0.1, 0.15) is 11.1 Å². The fourth-order valence-electron chi connectivity index (χ4n) is 3.96. The van der Waals surface area contributed by atoms with Crippen LogP contribution in [-0.4, -0.2) is 63.3 Å². The van der Waals surface area contributed by atoms with E-state index in [0.717, 1.165) is 6.54 Å². The van der Waals surface area contributed by atoms with Gasteiger partial charge in [0.15, 0.2) is 0 Å². The molecule has 0 aromatic carbocycles. The number of carbonyl (C=O) groups is 2. The summed E-state index contributed by atoms with van der Waals surface area (Å²) in [4.78, 5) is 27.7. The van der Waals surface area contributed by atoms with Crippen LogP contribution >= 0.6 is 0 Å². The first kappa shape index (κ1) is 17.9. The van der Waals surface area contributed by atoms with Crippen molar-refractivity contribution >= 4 is 17.3 Å². The summed E-state index contributed by atoms with van der Waals surface area (Å²) in [5.74, 6) is 0.0104. The third kappa shape index (κ3) is 3.07. The van der Waals surface area contributed by atoms with Crippen molar-refractivity contribution in [2.75, 3.05) is 26.2 Å². The third-order valence-corrected chi connectivity index (χ3v) is 5.78. The molecule has 2 aliphatic heterocycles. The first-order valence-electron chi connectivity index (χ1n) is 9.45. The topological polar surface area (TPSA) is 91.6 Å². The van der Waals surface area contributed by atoms with Crippen LogP contribution in [0.15, 0.2) is 18.3 Å². The Morgan fingerprint density at radius 2 is 1.96 bits per heavy atom. The number of piperidine rings is 1. The maximum Gasteiger partial charge on any atom is 0.258 e. The van der Waals surface area contributed by atoms with Crippen molar-refractivity contribution in [3.63, 3.8) is 0 Å². The zero-order valence-electron chi connectivity index (χ0n) is 16.1. The summed E-state index contributed by atoms with van der Waals surface area (Å²) in [6.07, 6.45) is 2.87. The van der Waals surface area contributed by atoms with Gasteiger partial charge in [-0.3, -0.25) is 9.59 Å². The van der Waals surface area contributed by atoms with E-state index in [2.05, 4.69) is 34.7 Å². The summed E-state index contributed by atoms with van der Waals surface area (Å²) in [7, 11) is 0. The number of hydrogen-bond acceptors (Lipinski definition) is 5. The lowest BCUT2D eigenvalue weighted by atomic mass is 9.85.